The second-order valence-corrected chi connectivity index (χ2v) is 7.18. The second-order valence-electron chi connectivity index (χ2n) is 7.18. The predicted octanol–water partition coefficient (Wildman–Crippen LogP) is 4.03. The van der Waals surface area contributed by atoms with Gasteiger partial charge in [0.25, 0.3) is 5.91 Å². The van der Waals surface area contributed by atoms with E-state index < -0.39 is 5.92 Å². The van der Waals surface area contributed by atoms with Crippen LogP contribution in [0, 0.1) is 0 Å². The number of carbonyl (C=O) groups is 2. The van der Waals surface area contributed by atoms with Crippen LogP contribution in [-0.2, 0) is 16.1 Å². The molecule has 1 unspecified atom stereocenters. The summed E-state index contributed by atoms with van der Waals surface area (Å²) in [6, 6.07) is 22.3. The molecule has 1 atom stereocenters. The standard InChI is InChI=1S/C25H23N3O3/c29-24-21-12-5-4-11-20(21)22(25(30)28(24)23-13-6-7-15-27-23)17-26-14-8-16-31-18-19-9-2-1-3-10-19/h1-7,9-13,15,17,22H,8,14,16,18H2. The molecule has 31 heavy (non-hydrogen) atoms. The van der Waals surface area contributed by atoms with E-state index in [9.17, 15) is 9.59 Å². The summed E-state index contributed by atoms with van der Waals surface area (Å²) < 4.78 is 5.68. The molecule has 0 spiro atoms. The number of nitrogens with zero attached hydrogens (tertiary/aromatic N) is 3. The minimum atomic E-state index is -0.624. The summed E-state index contributed by atoms with van der Waals surface area (Å²) in [5.41, 5.74) is 2.30. The highest BCUT2D eigenvalue weighted by molar-refractivity contribution is 6.28. The maximum atomic E-state index is 13.2. The van der Waals surface area contributed by atoms with Gasteiger partial charge in [0.05, 0.1) is 12.5 Å². The van der Waals surface area contributed by atoms with E-state index >= 15 is 0 Å². The molecule has 2 heterocycles. The number of hydrogen-bond acceptors (Lipinski definition) is 5. The third kappa shape index (κ3) is 4.75. The monoisotopic (exact) mass is 413 g/mol. The van der Waals surface area contributed by atoms with Crippen molar-refractivity contribution >= 4 is 23.8 Å². The second kappa shape index (κ2) is 9.91. The predicted molar refractivity (Wildman–Crippen MR) is 119 cm³/mol. The van der Waals surface area contributed by atoms with Crippen LogP contribution in [-0.4, -0.2) is 36.2 Å². The molecule has 0 N–H and O–H groups in total. The first kappa shape index (κ1) is 20.6. The zero-order chi connectivity index (χ0) is 21.5. The van der Waals surface area contributed by atoms with Gasteiger partial charge in [0.15, 0.2) is 0 Å². The van der Waals surface area contributed by atoms with Gasteiger partial charge in [-0.15, -0.1) is 0 Å². The van der Waals surface area contributed by atoms with Gasteiger partial charge in [0.1, 0.15) is 5.82 Å². The molecule has 6 nitrogen and oxygen atoms in total. The SMILES string of the molecule is O=C1c2ccccc2C(C=NCCCOCc2ccccc2)C(=O)N1c1ccccn1. The Bertz CT molecular complexity index is 1070. The summed E-state index contributed by atoms with van der Waals surface area (Å²) in [4.78, 5) is 35.9. The van der Waals surface area contributed by atoms with E-state index in [1.807, 2.05) is 36.4 Å². The third-order valence-electron chi connectivity index (χ3n) is 5.04. The summed E-state index contributed by atoms with van der Waals surface area (Å²) in [5, 5.41) is 0. The Hall–Kier alpha value is -3.64. The molecule has 0 saturated heterocycles. The van der Waals surface area contributed by atoms with Crippen LogP contribution in [0.3, 0.4) is 0 Å². The third-order valence-corrected chi connectivity index (χ3v) is 5.04. The smallest absolute Gasteiger partial charge is 0.266 e. The highest BCUT2D eigenvalue weighted by Gasteiger charge is 2.39. The van der Waals surface area contributed by atoms with Crippen molar-refractivity contribution in [3.05, 3.63) is 95.7 Å². The number of fused-ring (bicyclic) bond motifs is 1. The molecular weight excluding hydrogens is 390 g/mol. The van der Waals surface area contributed by atoms with Gasteiger partial charge in [0.2, 0.25) is 5.91 Å². The van der Waals surface area contributed by atoms with E-state index in [-0.39, 0.29) is 11.8 Å². The largest absolute Gasteiger partial charge is 0.377 e. The summed E-state index contributed by atoms with van der Waals surface area (Å²) in [6.45, 7) is 1.69. The first-order chi connectivity index (χ1) is 15.3. The number of carbonyl (C=O) groups excluding carboxylic acids is 2. The first-order valence-corrected chi connectivity index (χ1v) is 10.3. The van der Waals surface area contributed by atoms with Crippen LogP contribution in [0.5, 0.6) is 0 Å². The molecule has 0 saturated carbocycles. The Morgan fingerprint density at radius 3 is 2.55 bits per heavy atom. The van der Waals surface area contributed by atoms with Crippen LogP contribution in [0.1, 0.15) is 33.8 Å². The Balaban J connectivity index is 1.41. The van der Waals surface area contributed by atoms with Gasteiger partial charge >= 0.3 is 0 Å². The first-order valence-electron chi connectivity index (χ1n) is 10.3. The molecule has 1 aromatic heterocycles. The van der Waals surface area contributed by atoms with Gasteiger partial charge < -0.3 is 4.74 Å². The van der Waals surface area contributed by atoms with Gasteiger partial charge in [-0.05, 0) is 35.7 Å². The maximum absolute atomic E-state index is 13.2. The van der Waals surface area contributed by atoms with Gasteiger partial charge in [-0.25, -0.2) is 9.88 Å². The maximum Gasteiger partial charge on any atom is 0.266 e. The molecule has 2 aromatic carbocycles. The number of rotatable bonds is 8. The number of benzene rings is 2. The number of aromatic nitrogens is 1. The molecule has 0 bridgehead atoms. The van der Waals surface area contributed by atoms with Crippen molar-refractivity contribution in [2.45, 2.75) is 18.9 Å². The molecule has 0 aliphatic carbocycles. The normalized spacial score (nSPS) is 16.0. The lowest BCUT2D eigenvalue weighted by atomic mass is 9.89. The lowest BCUT2D eigenvalue weighted by Gasteiger charge is -2.30. The molecule has 6 heteroatoms. The van der Waals surface area contributed by atoms with Crippen molar-refractivity contribution in [1.82, 2.24) is 4.98 Å². The molecule has 2 amide bonds. The zero-order valence-corrected chi connectivity index (χ0v) is 17.1. The lowest BCUT2D eigenvalue weighted by Crippen LogP contribution is -2.45. The van der Waals surface area contributed by atoms with Crippen LogP contribution in [0.2, 0.25) is 0 Å². The van der Waals surface area contributed by atoms with Gasteiger partial charge in [-0.3, -0.25) is 14.6 Å². The van der Waals surface area contributed by atoms with Gasteiger partial charge in [-0.2, -0.15) is 0 Å². The highest BCUT2D eigenvalue weighted by atomic mass is 16.5. The Kier molecular flexibility index (Phi) is 6.59. The number of pyridine rings is 1. The number of aliphatic imine (C=N–C) groups is 1. The van der Waals surface area contributed by atoms with Crippen molar-refractivity contribution in [3.63, 3.8) is 0 Å². The molecule has 3 aromatic rings. The van der Waals surface area contributed by atoms with Crippen LogP contribution < -0.4 is 4.90 Å². The van der Waals surface area contributed by atoms with E-state index in [1.54, 1.807) is 48.8 Å². The van der Waals surface area contributed by atoms with Crippen LogP contribution >= 0.6 is 0 Å². The summed E-state index contributed by atoms with van der Waals surface area (Å²) in [5.74, 6) is -1.01. The van der Waals surface area contributed by atoms with Crippen LogP contribution in [0.25, 0.3) is 0 Å². The van der Waals surface area contributed by atoms with Crippen molar-refractivity contribution in [2.24, 2.45) is 4.99 Å². The molecule has 156 valence electrons. The van der Waals surface area contributed by atoms with Gasteiger partial charge in [-0.1, -0.05) is 54.6 Å². The Labute approximate surface area is 181 Å². The zero-order valence-electron chi connectivity index (χ0n) is 17.1. The van der Waals surface area contributed by atoms with E-state index in [4.69, 9.17) is 4.74 Å². The quantitative estimate of drug-likeness (QED) is 0.318. The fraction of sp³-hybridized carbons (Fsp3) is 0.200. The number of imide groups is 1. The fourth-order valence-electron chi connectivity index (χ4n) is 3.50. The topological polar surface area (TPSA) is 71.9 Å². The highest BCUT2D eigenvalue weighted by Crippen LogP contribution is 2.30. The van der Waals surface area contributed by atoms with Crippen LogP contribution in [0.15, 0.2) is 84.0 Å². The molecule has 4 rings (SSSR count). The number of amides is 2. The Morgan fingerprint density at radius 2 is 1.74 bits per heavy atom. The van der Waals surface area contributed by atoms with Crippen molar-refractivity contribution < 1.29 is 14.3 Å². The molecule has 1 aliphatic heterocycles. The average Bonchev–Trinajstić information content (AvgIpc) is 2.82. The van der Waals surface area contributed by atoms with E-state index in [2.05, 4.69) is 9.98 Å². The number of hydrogen-bond donors (Lipinski definition) is 0. The van der Waals surface area contributed by atoms with Crippen molar-refractivity contribution in [3.8, 4) is 0 Å². The summed E-state index contributed by atoms with van der Waals surface area (Å²) >= 11 is 0. The summed E-state index contributed by atoms with van der Waals surface area (Å²) in [6.07, 6.45) is 3.95. The van der Waals surface area contributed by atoms with Gasteiger partial charge in [0, 0.05) is 31.1 Å². The van der Waals surface area contributed by atoms with E-state index in [0.717, 1.165) is 16.9 Å². The lowest BCUT2D eigenvalue weighted by molar-refractivity contribution is -0.118. The van der Waals surface area contributed by atoms with Crippen molar-refractivity contribution in [1.29, 1.82) is 0 Å². The molecular formula is C25H23N3O3. The average molecular weight is 413 g/mol. The minimum absolute atomic E-state index is 0.319. The fourth-order valence-corrected chi connectivity index (χ4v) is 3.50. The van der Waals surface area contributed by atoms with E-state index in [1.165, 1.54) is 0 Å². The number of anilines is 1. The number of ether oxygens (including phenoxy) is 1. The van der Waals surface area contributed by atoms with E-state index in [0.29, 0.717) is 36.7 Å². The molecule has 0 radical (unpaired) electrons. The minimum Gasteiger partial charge on any atom is -0.377 e. The molecule has 0 fully saturated rings. The Morgan fingerprint density at radius 1 is 0.968 bits per heavy atom. The van der Waals surface area contributed by atoms with Crippen LogP contribution in [0.4, 0.5) is 5.82 Å². The summed E-state index contributed by atoms with van der Waals surface area (Å²) in [7, 11) is 0. The van der Waals surface area contributed by atoms with Crippen molar-refractivity contribution in [2.75, 3.05) is 18.1 Å². The molecule has 1 aliphatic rings.